The van der Waals surface area contributed by atoms with Crippen LogP contribution >= 0.6 is 0 Å². The fraction of sp³-hybridized carbons (Fsp3) is 0.188. The van der Waals surface area contributed by atoms with Crippen molar-refractivity contribution >= 4 is 10.9 Å². The average molecular weight is 463 g/mol. The van der Waals surface area contributed by atoms with Gasteiger partial charge >= 0.3 is 0 Å². The zero-order valence-electron chi connectivity index (χ0n) is 20.1. The number of fused-ring (bicyclic) bond motifs is 1. The van der Waals surface area contributed by atoms with Gasteiger partial charge in [0.25, 0.3) is 0 Å². The molecular weight excluding hydrogens is 431 g/mol. The maximum atomic E-state index is 14.8. The summed E-state index contributed by atoms with van der Waals surface area (Å²) in [5.41, 5.74) is 5.90. The highest BCUT2D eigenvalue weighted by Gasteiger charge is 2.27. The summed E-state index contributed by atoms with van der Waals surface area (Å²) in [5.74, 6) is 0. The Hall–Kier alpha value is -3.69. The van der Waals surface area contributed by atoms with Crippen molar-refractivity contribution in [2.45, 2.75) is 25.6 Å². The molecule has 5 aromatic rings. The van der Waals surface area contributed by atoms with Gasteiger partial charge in [0, 0.05) is 30.2 Å². The van der Waals surface area contributed by atoms with Crippen molar-refractivity contribution in [3.63, 3.8) is 0 Å². The van der Waals surface area contributed by atoms with E-state index in [9.17, 15) is 4.39 Å². The van der Waals surface area contributed by atoms with Crippen LogP contribution in [0.15, 0.2) is 121 Å². The van der Waals surface area contributed by atoms with E-state index in [0.717, 1.165) is 12.1 Å². The van der Waals surface area contributed by atoms with E-state index in [0.29, 0.717) is 6.54 Å². The molecule has 1 heterocycles. The Morgan fingerprint density at radius 2 is 1.26 bits per heavy atom. The average Bonchev–Trinajstić information content (AvgIpc) is 3.25. The third kappa shape index (κ3) is 5.06. The largest absolute Gasteiger partial charge is 0.340 e. The molecule has 0 aliphatic heterocycles. The fourth-order valence-electron chi connectivity index (χ4n) is 5.13. The highest BCUT2D eigenvalue weighted by Crippen LogP contribution is 2.33. The molecule has 0 saturated heterocycles. The monoisotopic (exact) mass is 462 g/mol. The first-order valence-corrected chi connectivity index (χ1v) is 12.2. The molecule has 35 heavy (non-hydrogen) atoms. The van der Waals surface area contributed by atoms with Crippen LogP contribution in [-0.2, 0) is 6.54 Å². The number of hydrogen-bond donors (Lipinski definition) is 0. The second kappa shape index (κ2) is 10.7. The normalized spacial score (nSPS) is 12.5. The number of benzene rings is 4. The molecule has 176 valence electrons. The van der Waals surface area contributed by atoms with E-state index in [2.05, 4.69) is 108 Å². The molecule has 0 fully saturated rings. The number of para-hydroxylation sites is 1. The lowest BCUT2D eigenvalue weighted by Gasteiger charge is -2.35. The van der Waals surface area contributed by atoms with Crippen molar-refractivity contribution < 1.29 is 4.39 Å². The molecule has 0 amide bonds. The van der Waals surface area contributed by atoms with Gasteiger partial charge in [0.15, 0.2) is 0 Å². The topological polar surface area (TPSA) is 8.17 Å². The van der Waals surface area contributed by atoms with E-state index in [1.165, 1.54) is 27.6 Å². The molecule has 1 atom stereocenters. The molecule has 0 saturated carbocycles. The SMILES string of the molecule is Cc1cn([C@H](CF)CN(Cc2ccccc2)C(c2ccccc2)c2ccccc2)c2ccccc12. The van der Waals surface area contributed by atoms with Gasteiger partial charge in [0.2, 0.25) is 0 Å². The fourth-order valence-corrected chi connectivity index (χ4v) is 5.13. The van der Waals surface area contributed by atoms with Gasteiger partial charge < -0.3 is 4.57 Å². The summed E-state index contributed by atoms with van der Waals surface area (Å²) in [6, 6.07) is 39.6. The quantitative estimate of drug-likeness (QED) is 0.217. The van der Waals surface area contributed by atoms with Crippen LogP contribution in [0.2, 0.25) is 0 Å². The zero-order valence-corrected chi connectivity index (χ0v) is 20.1. The van der Waals surface area contributed by atoms with Crippen LogP contribution in [0.3, 0.4) is 0 Å². The molecule has 0 aliphatic rings. The van der Waals surface area contributed by atoms with Gasteiger partial charge in [0.05, 0.1) is 12.1 Å². The zero-order chi connectivity index (χ0) is 24.0. The molecule has 5 rings (SSSR count). The Labute approximate surface area is 207 Å². The summed E-state index contributed by atoms with van der Waals surface area (Å²) in [6.07, 6.45) is 2.11. The lowest BCUT2D eigenvalue weighted by atomic mass is 9.96. The minimum Gasteiger partial charge on any atom is -0.340 e. The molecule has 0 aliphatic carbocycles. The van der Waals surface area contributed by atoms with E-state index in [4.69, 9.17) is 0 Å². The Morgan fingerprint density at radius 1 is 0.714 bits per heavy atom. The number of alkyl halides is 1. The predicted molar refractivity (Wildman–Crippen MR) is 143 cm³/mol. The summed E-state index contributed by atoms with van der Waals surface area (Å²) >= 11 is 0. The van der Waals surface area contributed by atoms with Gasteiger partial charge in [-0.3, -0.25) is 4.90 Å². The van der Waals surface area contributed by atoms with Crippen molar-refractivity contribution in [2.75, 3.05) is 13.2 Å². The molecule has 0 radical (unpaired) electrons. The third-order valence-electron chi connectivity index (χ3n) is 6.78. The molecule has 0 bridgehead atoms. The van der Waals surface area contributed by atoms with Crippen LogP contribution in [0.4, 0.5) is 4.39 Å². The molecule has 0 N–H and O–H groups in total. The van der Waals surface area contributed by atoms with Gasteiger partial charge in [0.1, 0.15) is 6.67 Å². The number of aryl methyl sites for hydroxylation is 1. The first kappa shape index (κ1) is 23.1. The molecule has 0 spiro atoms. The van der Waals surface area contributed by atoms with Crippen LogP contribution in [0.5, 0.6) is 0 Å². The number of halogens is 1. The highest BCUT2D eigenvalue weighted by atomic mass is 19.1. The first-order valence-electron chi connectivity index (χ1n) is 12.2. The van der Waals surface area contributed by atoms with E-state index >= 15 is 0 Å². The van der Waals surface area contributed by atoms with Crippen LogP contribution in [0.1, 0.15) is 34.3 Å². The van der Waals surface area contributed by atoms with Gasteiger partial charge in [-0.1, -0.05) is 109 Å². The predicted octanol–water partition coefficient (Wildman–Crippen LogP) is 7.75. The lowest BCUT2D eigenvalue weighted by molar-refractivity contribution is 0.169. The Morgan fingerprint density at radius 3 is 1.86 bits per heavy atom. The molecule has 3 heteroatoms. The van der Waals surface area contributed by atoms with Crippen LogP contribution < -0.4 is 0 Å². The van der Waals surface area contributed by atoms with E-state index in [-0.39, 0.29) is 12.1 Å². The van der Waals surface area contributed by atoms with Crippen LogP contribution in [0, 0.1) is 6.92 Å². The Kier molecular flexibility index (Phi) is 7.06. The first-order chi connectivity index (χ1) is 17.2. The maximum absolute atomic E-state index is 14.8. The smallest absolute Gasteiger partial charge is 0.111 e. The second-order valence-corrected chi connectivity index (χ2v) is 9.18. The van der Waals surface area contributed by atoms with Gasteiger partial charge in [-0.15, -0.1) is 0 Å². The van der Waals surface area contributed by atoms with Crippen LogP contribution in [-0.4, -0.2) is 22.7 Å². The van der Waals surface area contributed by atoms with Crippen molar-refractivity contribution in [1.82, 2.24) is 9.47 Å². The lowest BCUT2D eigenvalue weighted by Crippen LogP contribution is -2.35. The number of hydrogen-bond acceptors (Lipinski definition) is 1. The van der Waals surface area contributed by atoms with Gasteiger partial charge in [-0.05, 0) is 35.2 Å². The Bertz CT molecular complexity index is 1310. The van der Waals surface area contributed by atoms with Gasteiger partial charge in [-0.2, -0.15) is 0 Å². The van der Waals surface area contributed by atoms with Gasteiger partial charge in [-0.25, -0.2) is 4.39 Å². The maximum Gasteiger partial charge on any atom is 0.111 e. The molecular formula is C32H31FN2. The van der Waals surface area contributed by atoms with Crippen molar-refractivity contribution in [2.24, 2.45) is 0 Å². The second-order valence-electron chi connectivity index (χ2n) is 9.18. The minimum atomic E-state index is -0.431. The van der Waals surface area contributed by atoms with E-state index in [1.807, 2.05) is 30.3 Å². The number of rotatable bonds is 9. The summed E-state index contributed by atoms with van der Waals surface area (Å²) in [7, 11) is 0. The van der Waals surface area contributed by atoms with Crippen molar-refractivity contribution in [1.29, 1.82) is 0 Å². The standard InChI is InChI=1S/C32H31FN2/c1-25-22-35(31-20-12-11-19-30(25)31)29(21-33)24-34(23-26-13-5-2-6-14-26)32(27-15-7-3-8-16-27)28-17-9-4-10-18-28/h2-20,22,29,32H,21,23-24H2,1H3/t29-/m1/s1. The summed E-state index contributed by atoms with van der Waals surface area (Å²) in [6.45, 7) is 2.98. The summed E-state index contributed by atoms with van der Waals surface area (Å²) in [4.78, 5) is 2.42. The summed E-state index contributed by atoms with van der Waals surface area (Å²) in [5, 5.41) is 1.18. The molecule has 4 aromatic carbocycles. The van der Waals surface area contributed by atoms with Crippen molar-refractivity contribution in [3.8, 4) is 0 Å². The molecule has 2 nitrogen and oxygen atoms in total. The summed E-state index contributed by atoms with van der Waals surface area (Å²) < 4.78 is 16.9. The highest BCUT2D eigenvalue weighted by molar-refractivity contribution is 5.83. The van der Waals surface area contributed by atoms with E-state index < -0.39 is 6.67 Å². The minimum absolute atomic E-state index is 0.00887. The number of aromatic nitrogens is 1. The van der Waals surface area contributed by atoms with E-state index in [1.54, 1.807) is 0 Å². The van der Waals surface area contributed by atoms with Crippen molar-refractivity contribution in [3.05, 3.63) is 144 Å². The third-order valence-corrected chi connectivity index (χ3v) is 6.78. The number of nitrogens with zero attached hydrogens (tertiary/aromatic N) is 2. The molecule has 1 aromatic heterocycles. The molecule has 0 unspecified atom stereocenters. The Balaban J connectivity index is 1.59. The van der Waals surface area contributed by atoms with Crippen LogP contribution in [0.25, 0.3) is 10.9 Å².